The highest BCUT2D eigenvalue weighted by Gasteiger charge is 2.05. The molecule has 0 saturated heterocycles. The zero-order chi connectivity index (χ0) is 15.1. The summed E-state index contributed by atoms with van der Waals surface area (Å²) in [5.41, 5.74) is 6.93. The van der Waals surface area contributed by atoms with Crippen molar-refractivity contribution in [2.24, 2.45) is 5.73 Å². The molecule has 112 valence electrons. The molecule has 2 aromatic carbocycles. The van der Waals surface area contributed by atoms with Gasteiger partial charge in [-0.25, -0.2) is 0 Å². The summed E-state index contributed by atoms with van der Waals surface area (Å²) in [6.07, 6.45) is 0.823. The summed E-state index contributed by atoms with van der Waals surface area (Å²) in [6.45, 7) is 2.62. The van der Waals surface area contributed by atoms with Gasteiger partial charge in [-0.05, 0) is 43.2 Å². The van der Waals surface area contributed by atoms with E-state index < -0.39 is 0 Å². The van der Waals surface area contributed by atoms with E-state index in [4.69, 9.17) is 22.1 Å². The van der Waals surface area contributed by atoms with Gasteiger partial charge in [-0.1, -0.05) is 35.9 Å². The highest BCUT2D eigenvalue weighted by atomic mass is 35.5. The molecule has 0 fully saturated rings. The van der Waals surface area contributed by atoms with E-state index in [0.29, 0.717) is 11.6 Å². The van der Waals surface area contributed by atoms with Crippen molar-refractivity contribution in [2.75, 3.05) is 12.4 Å². The van der Waals surface area contributed by atoms with Crippen molar-refractivity contribution in [1.29, 1.82) is 0 Å². The van der Waals surface area contributed by atoms with Gasteiger partial charge in [0, 0.05) is 16.7 Å². The molecule has 0 bridgehead atoms. The molecule has 0 spiro atoms. The molecule has 2 aromatic rings. The van der Waals surface area contributed by atoms with Crippen LogP contribution < -0.4 is 10.5 Å². The first-order valence-electron chi connectivity index (χ1n) is 7.00. The molecule has 0 heterocycles. The van der Waals surface area contributed by atoms with E-state index in [1.807, 2.05) is 43.3 Å². The lowest BCUT2D eigenvalue weighted by molar-refractivity contribution is 0.344. The number of hydrogen-bond donors (Lipinski definition) is 1. The molecular weight excluding hydrogens is 302 g/mol. The van der Waals surface area contributed by atoms with Crippen molar-refractivity contribution in [1.82, 2.24) is 0 Å². The molecule has 0 aliphatic carbocycles. The third kappa shape index (κ3) is 5.62. The molecule has 4 heteroatoms. The average Bonchev–Trinajstić information content (AvgIpc) is 2.46. The molecule has 0 amide bonds. The normalized spacial score (nSPS) is 12.1. The van der Waals surface area contributed by atoms with Gasteiger partial charge in [0.15, 0.2) is 0 Å². The van der Waals surface area contributed by atoms with Gasteiger partial charge in [-0.3, -0.25) is 0 Å². The molecule has 0 saturated carbocycles. The van der Waals surface area contributed by atoms with E-state index in [1.165, 1.54) is 4.90 Å². The third-order valence-corrected chi connectivity index (χ3v) is 4.18. The van der Waals surface area contributed by atoms with Gasteiger partial charge in [0.25, 0.3) is 0 Å². The molecule has 21 heavy (non-hydrogen) atoms. The summed E-state index contributed by atoms with van der Waals surface area (Å²) in [7, 11) is 0. The van der Waals surface area contributed by atoms with Crippen LogP contribution in [0, 0.1) is 0 Å². The number of nitrogens with two attached hydrogens (primary N) is 1. The van der Waals surface area contributed by atoms with Gasteiger partial charge >= 0.3 is 0 Å². The van der Waals surface area contributed by atoms with Crippen LogP contribution in [-0.4, -0.2) is 18.4 Å². The van der Waals surface area contributed by atoms with Gasteiger partial charge in [0.1, 0.15) is 5.75 Å². The standard InChI is InChI=1S/C17H20ClNOS/c1-13(19)11-14-7-8-17(16(18)12-14)20-9-10-21-15-5-3-2-4-6-15/h2-8,12-13H,9-11,19H2,1H3. The summed E-state index contributed by atoms with van der Waals surface area (Å²) in [6, 6.07) is 16.3. The molecule has 1 unspecified atom stereocenters. The summed E-state index contributed by atoms with van der Waals surface area (Å²) in [5, 5.41) is 0.651. The van der Waals surface area contributed by atoms with Crippen LogP contribution in [0.2, 0.25) is 5.02 Å². The Hall–Kier alpha value is -1.16. The smallest absolute Gasteiger partial charge is 0.137 e. The van der Waals surface area contributed by atoms with E-state index in [0.717, 1.165) is 23.5 Å². The minimum atomic E-state index is 0.134. The largest absolute Gasteiger partial charge is 0.491 e. The summed E-state index contributed by atoms with van der Waals surface area (Å²) in [4.78, 5) is 1.25. The maximum atomic E-state index is 6.24. The molecule has 0 aliphatic rings. The molecular formula is C17H20ClNOS. The van der Waals surface area contributed by atoms with E-state index in [1.54, 1.807) is 11.8 Å². The number of thioether (sulfide) groups is 1. The highest BCUT2D eigenvalue weighted by molar-refractivity contribution is 7.99. The van der Waals surface area contributed by atoms with Crippen LogP contribution >= 0.6 is 23.4 Å². The molecule has 2 nitrogen and oxygen atoms in total. The molecule has 1 atom stereocenters. The van der Waals surface area contributed by atoms with Crippen LogP contribution in [0.5, 0.6) is 5.75 Å². The monoisotopic (exact) mass is 321 g/mol. The minimum Gasteiger partial charge on any atom is -0.491 e. The Morgan fingerprint density at radius 1 is 1.19 bits per heavy atom. The predicted octanol–water partition coefficient (Wildman–Crippen LogP) is 4.40. The summed E-state index contributed by atoms with van der Waals surface area (Å²) < 4.78 is 5.73. The fraction of sp³-hybridized carbons (Fsp3) is 0.294. The number of benzene rings is 2. The Morgan fingerprint density at radius 3 is 2.62 bits per heavy atom. The maximum absolute atomic E-state index is 6.24. The van der Waals surface area contributed by atoms with E-state index >= 15 is 0 Å². The van der Waals surface area contributed by atoms with Crippen LogP contribution in [0.15, 0.2) is 53.4 Å². The second-order valence-electron chi connectivity index (χ2n) is 4.96. The SMILES string of the molecule is CC(N)Cc1ccc(OCCSc2ccccc2)c(Cl)c1. The van der Waals surface area contributed by atoms with Crippen molar-refractivity contribution in [3.05, 3.63) is 59.1 Å². The van der Waals surface area contributed by atoms with E-state index in [2.05, 4.69) is 12.1 Å². The Morgan fingerprint density at radius 2 is 1.95 bits per heavy atom. The molecule has 0 aromatic heterocycles. The molecule has 2 N–H and O–H groups in total. The number of halogens is 1. The Kier molecular flexibility index (Phi) is 6.43. The van der Waals surface area contributed by atoms with E-state index in [-0.39, 0.29) is 6.04 Å². The first-order chi connectivity index (χ1) is 10.1. The fourth-order valence-electron chi connectivity index (χ4n) is 1.99. The Bertz CT molecular complexity index is 560. The lowest BCUT2D eigenvalue weighted by atomic mass is 10.1. The topological polar surface area (TPSA) is 35.2 Å². The van der Waals surface area contributed by atoms with Gasteiger partial charge < -0.3 is 10.5 Å². The average molecular weight is 322 g/mol. The zero-order valence-corrected chi connectivity index (χ0v) is 13.7. The molecule has 0 aliphatic heterocycles. The van der Waals surface area contributed by atoms with E-state index in [9.17, 15) is 0 Å². The lowest BCUT2D eigenvalue weighted by Crippen LogP contribution is -2.17. The second-order valence-corrected chi connectivity index (χ2v) is 6.53. The van der Waals surface area contributed by atoms with Gasteiger partial charge in [0.05, 0.1) is 11.6 Å². The Labute approximate surface area is 135 Å². The molecule has 0 radical (unpaired) electrons. The van der Waals surface area contributed by atoms with Crippen molar-refractivity contribution in [3.8, 4) is 5.75 Å². The number of hydrogen-bond acceptors (Lipinski definition) is 3. The van der Waals surface area contributed by atoms with Crippen molar-refractivity contribution in [3.63, 3.8) is 0 Å². The highest BCUT2D eigenvalue weighted by Crippen LogP contribution is 2.26. The first kappa shape index (κ1) is 16.2. The van der Waals surface area contributed by atoms with Crippen molar-refractivity contribution >= 4 is 23.4 Å². The maximum Gasteiger partial charge on any atom is 0.137 e. The third-order valence-electron chi connectivity index (χ3n) is 2.91. The number of rotatable bonds is 7. The number of ether oxygens (including phenoxy) is 1. The Balaban J connectivity index is 1.80. The zero-order valence-electron chi connectivity index (χ0n) is 12.1. The first-order valence-corrected chi connectivity index (χ1v) is 8.36. The summed E-state index contributed by atoms with van der Waals surface area (Å²) >= 11 is 8.01. The van der Waals surface area contributed by atoms with Gasteiger partial charge in [-0.2, -0.15) is 0 Å². The molecule has 2 rings (SSSR count). The van der Waals surface area contributed by atoms with Gasteiger partial charge in [0.2, 0.25) is 0 Å². The van der Waals surface area contributed by atoms with Crippen molar-refractivity contribution < 1.29 is 4.74 Å². The van der Waals surface area contributed by atoms with Crippen LogP contribution in [0.25, 0.3) is 0 Å². The summed E-state index contributed by atoms with van der Waals surface area (Å²) in [5.74, 6) is 1.63. The predicted molar refractivity (Wildman–Crippen MR) is 91.5 cm³/mol. The van der Waals surface area contributed by atoms with Gasteiger partial charge in [-0.15, -0.1) is 11.8 Å². The lowest BCUT2D eigenvalue weighted by Gasteiger charge is -2.10. The van der Waals surface area contributed by atoms with Crippen LogP contribution in [0.3, 0.4) is 0 Å². The van der Waals surface area contributed by atoms with Crippen molar-refractivity contribution in [2.45, 2.75) is 24.3 Å². The minimum absolute atomic E-state index is 0.134. The van der Waals surface area contributed by atoms with Crippen LogP contribution in [0.4, 0.5) is 0 Å². The van der Waals surface area contributed by atoms with Crippen LogP contribution in [-0.2, 0) is 6.42 Å². The quantitative estimate of drug-likeness (QED) is 0.606. The fourth-order valence-corrected chi connectivity index (χ4v) is 3.00. The van der Waals surface area contributed by atoms with Crippen LogP contribution in [0.1, 0.15) is 12.5 Å². The second kappa shape index (κ2) is 8.32.